The molecule has 158 valence electrons. The molecule has 0 atom stereocenters. The van der Waals surface area contributed by atoms with Crippen LogP contribution < -0.4 is 10.1 Å². The van der Waals surface area contributed by atoms with Gasteiger partial charge >= 0.3 is 0 Å². The monoisotopic (exact) mass is 413 g/mol. The first-order valence-corrected chi connectivity index (χ1v) is 10.7. The van der Waals surface area contributed by atoms with Crippen LogP contribution in [0.2, 0.25) is 0 Å². The quantitative estimate of drug-likeness (QED) is 0.537. The Balaban J connectivity index is 1.75. The molecule has 1 saturated carbocycles. The lowest BCUT2D eigenvalue weighted by Gasteiger charge is -2.27. The number of methoxy groups -OCH3 is 1. The summed E-state index contributed by atoms with van der Waals surface area (Å²) in [5.41, 5.74) is 3.88. The Morgan fingerprint density at radius 2 is 1.74 bits per heavy atom. The highest BCUT2D eigenvalue weighted by molar-refractivity contribution is 5.77. The molecular weight excluding hydrogens is 386 g/mol. The van der Waals surface area contributed by atoms with Crippen LogP contribution in [0.4, 0.5) is 5.82 Å². The number of aromatic hydroxyl groups is 1. The summed E-state index contributed by atoms with van der Waals surface area (Å²) in [6.45, 7) is 2.31. The van der Waals surface area contributed by atoms with Crippen molar-refractivity contribution in [2.75, 3.05) is 12.4 Å². The van der Waals surface area contributed by atoms with Crippen LogP contribution >= 0.6 is 0 Å². The largest absolute Gasteiger partial charge is 0.507 e. The molecule has 4 rings (SSSR count). The van der Waals surface area contributed by atoms with Gasteiger partial charge in [0, 0.05) is 11.6 Å². The normalized spacial score (nSPS) is 18.2. The molecule has 0 unspecified atom stereocenters. The van der Waals surface area contributed by atoms with Gasteiger partial charge < -0.3 is 15.2 Å². The highest BCUT2D eigenvalue weighted by atomic mass is 16.5. The van der Waals surface area contributed by atoms with Gasteiger partial charge in [0.2, 0.25) is 0 Å². The maximum absolute atomic E-state index is 10.5. The summed E-state index contributed by atoms with van der Waals surface area (Å²) in [5, 5.41) is 23.2. The van der Waals surface area contributed by atoms with Crippen LogP contribution in [0, 0.1) is 17.2 Å². The van der Waals surface area contributed by atoms with E-state index in [-0.39, 0.29) is 5.75 Å². The number of hydrogen-bond acceptors (Lipinski definition) is 5. The van der Waals surface area contributed by atoms with E-state index in [2.05, 4.69) is 18.3 Å². The Bertz CT molecular complexity index is 1090. The number of anilines is 1. The minimum atomic E-state index is 0.155. The number of rotatable bonds is 5. The van der Waals surface area contributed by atoms with Crippen LogP contribution in [0.3, 0.4) is 0 Å². The Labute approximate surface area is 183 Å². The fourth-order valence-electron chi connectivity index (χ4n) is 4.11. The zero-order valence-electron chi connectivity index (χ0n) is 17.9. The summed E-state index contributed by atoms with van der Waals surface area (Å²) in [7, 11) is 1.60. The zero-order chi connectivity index (χ0) is 21.8. The van der Waals surface area contributed by atoms with Gasteiger partial charge in [-0.25, -0.2) is 4.98 Å². The summed E-state index contributed by atoms with van der Waals surface area (Å²) >= 11 is 0. The van der Waals surface area contributed by atoms with E-state index < -0.39 is 0 Å². The molecule has 0 aliphatic heterocycles. The third kappa shape index (κ3) is 4.80. The molecule has 0 saturated heterocycles. The lowest BCUT2D eigenvalue weighted by molar-refractivity contribution is 0.361. The lowest BCUT2D eigenvalue weighted by Crippen LogP contribution is -2.25. The van der Waals surface area contributed by atoms with Gasteiger partial charge in [0.25, 0.3) is 0 Å². The van der Waals surface area contributed by atoms with Gasteiger partial charge in [0.1, 0.15) is 17.3 Å². The van der Waals surface area contributed by atoms with Crippen molar-refractivity contribution in [2.45, 2.75) is 38.6 Å². The fraction of sp³-hybridized carbons (Fsp3) is 0.308. The maximum atomic E-state index is 10.5. The molecule has 2 N–H and O–H groups in total. The van der Waals surface area contributed by atoms with Crippen LogP contribution in [0.1, 0.15) is 38.2 Å². The van der Waals surface area contributed by atoms with Crippen LogP contribution in [0.25, 0.3) is 22.4 Å². The number of nitriles is 1. The van der Waals surface area contributed by atoms with Gasteiger partial charge in [0.05, 0.1) is 24.4 Å². The molecule has 0 radical (unpaired) electrons. The minimum absolute atomic E-state index is 0.155. The van der Waals surface area contributed by atoms with Gasteiger partial charge in [-0.05, 0) is 85.2 Å². The summed E-state index contributed by atoms with van der Waals surface area (Å²) in [5.74, 6) is 2.38. The molecule has 1 aliphatic rings. The number of aromatic nitrogens is 1. The van der Waals surface area contributed by atoms with Crippen molar-refractivity contribution in [1.29, 1.82) is 5.26 Å². The molecular formula is C26H27N3O2. The second-order valence-corrected chi connectivity index (χ2v) is 8.30. The van der Waals surface area contributed by atoms with Crippen molar-refractivity contribution < 1.29 is 9.84 Å². The van der Waals surface area contributed by atoms with E-state index in [4.69, 9.17) is 15.0 Å². The maximum Gasteiger partial charge on any atom is 0.127 e. The van der Waals surface area contributed by atoms with E-state index in [1.807, 2.05) is 36.4 Å². The van der Waals surface area contributed by atoms with E-state index in [1.165, 1.54) is 12.8 Å². The second kappa shape index (κ2) is 9.09. The van der Waals surface area contributed by atoms with E-state index in [1.54, 1.807) is 25.3 Å². The molecule has 3 aromatic rings. The molecule has 1 fully saturated rings. The number of pyridine rings is 1. The van der Waals surface area contributed by atoms with Gasteiger partial charge in [-0.15, -0.1) is 0 Å². The van der Waals surface area contributed by atoms with Gasteiger partial charge in [-0.3, -0.25) is 0 Å². The third-order valence-electron chi connectivity index (χ3n) is 6.02. The van der Waals surface area contributed by atoms with Gasteiger partial charge in [-0.1, -0.05) is 19.1 Å². The number of nitrogens with one attached hydrogen (secondary N) is 1. The highest BCUT2D eigenvalue weighted by Gasteiger charge is 2.19. The van der Waals surface area contributed by atoms with Crippen LogP contribution in [0.5, 0.6) is 11.5 Å². The molecule has 0 bridgehead atoms. The van der Waals surface area contributed by atoms with E-state index in [0.29, 0.717) is 28.6 Å². The van der Waals surface area contributed by atoms with Crippen molar-refractivity contribution >= 4 is 5.82 Å². The number of phenolic OH excluding ortho intramolecular Hbond substituents is 1. The number of ether oxygens (including phenoxy) is 1. The molecule has 1 heterocycles. The number of nitrogens with zero attached hydrogens (tertiary/aromatic N) is 2. The number of hydrogen-bond donors (Lipinski definition) is 2. The van der Waals surface area contributed by atoms with Crippen molar-refractivity contribution in [3.63, 3.8) is 0 Å². The molecule has 5 nitrogen and oxygen atoms in total. The third-order valence-corrected chi connectivity index (χ3v) is 6.02. The van der Waals surface area contributed by atoms with Crippen LogP contribution in [-0.4, -0.2) is 23.2 Å². The van der Waals surface area contributed by atoms with Crippen LogP contribution in [-0.2, 0) is 0 Å². The van der Waals surface area contributed by atoms with Crippen LogP contribution in [0.15, 0.2) is 54.6 Å². The van der Waals surface area contributed by atoms with Crippen molar-refractivity contribution in [3.05, 3.63) is 60.2 Å². The molecule has 5 heteroatoms. The number of phenols is 1. The van der Waals surface area contributed by atoms with Crippen molar-refractivity contribution in [3.8, 4) is 40.0 Å². The molecule has 31 heavy (non-hydrogen) atoms. The molecule has 1 aromatic heterocycles. The topological polar surface area (TPSA) is 78.2 Å². The second-order valence-electron chi connectivity index (χ2n) is 8.30. The highest BCUT2D eigenvalue weighted by Crippen LogP contribution is 2.35. The summed E-state index contributed by atoms with van der Waals surface area (Å²) in [6.07, 6.45) is 4.69. The Morgan fingerprint density at radius 3 is 2.42 bits per heavy atom. The average molecular weight is 414 g/mol. The average Bonchev–Trinajstić information content (AvgIpc) is 2.81. The first-order chi connectivity index (χ1) is 15.1. The molecule has 0 amide bonds. The zero-order valence-corrected chi connectivity index (χ0v) is 17.9. The van der Waals surface area contributed by atoms with E-state index in [9.17, 15) is 5.11 Å². The predicted molar refractivity (Wildman–Crippen MR) is 123 cm³/mol. The van der Waals surface area contributed by atoms with Crippen molar-refractivity contribution in [1.82, 2.24) is 4.98 Å². The lowest BCUT2D eigenvalue weighted by atomic mass is 9.87. The molecule has 1 aliphatic carbocycles. The Morgan fingerprint density at radius 1 is 1.00 bits per heavy atom. The molecule has 0 spiro atoms. The van der Waals surface area contributed by atoms with Crippen molar-refractivity contribution in [2.24, 2.45) is 5.92 Å². The summed E-state index contributed by atoms with van der Waals surface area (Å²) in [6, 6.07) is 19.2. The van der Waals surface area contributed by atoms with E-state index >= 15 is 0 Å². The van der Waals surface area contributed by atoms with Gasteiger partial charge in [0.15, 0.2) is 0 Å². The fourth-order valence-corrected chi connectivity index (χ4v) is 4.11. The Kier molecular flexibility index (Phi) is 6.08. The smallest absolute Gasteiger partial charge is 0.127 e. The van der Waals surface area contributed by atoms with Gasteiger partial charge in [-0.2, -0.15) is 5.26 Å². The Hall–Kier alpha value is -3.52. The summed E-state index contributed by atoms with van der Waals surface area (Å²) in [4.78, 5) is 4.83. The standard InChI is InChI=1S/C26H27N3O2/c1-17-3-9-21(10-4-17)28-26-14-20(19-7-5-18(16-27)6-8-19)13-24(29-26)23-15-22(31-2)11-12-25(23)30/h5-8,11-15,17,21,30H,3-4,9-10H2,1-2H3,(H,28,29). The SMILES string of the molecule is COc1ccc(O)c(-c2cc(-c3ccc(C#N)cc3)cc(NC3CCC(C)CC3)n2)c1. The van der Waals surface area contributed by atoms with E-state index in [0.717, 1.165) is 35.7 Å². The first kappa shape index (κ1) is 20.7. The molecule has 2 aromatic carbocycles. The predicted octanol–water partition coefficient (Wildman–Crippen LogP) is 5.99. The first-order valence-electron chi connectivity index (χ1n) is 10.7. The number of benzene rings is 2. The minimum Gasteiger partial charge on any atom is -0.507 e. The summed E-state index contributed by atoms with van der Waals surface area (Å²) < 4.78 is 5.35.